The van der Waals surface area contributed by atoms with E-state index in [0.717, 1.165) is 21.3 Å². The molecule has 0 saturated heterocycles. The molecule has 0 atom stereocenters. The summed E-state index contributed by atoms with van der Waals surface area (Å²) < 4.78 is 11.6. The molecule has 3 rings (SSSR count). The Labute approximate surface area is 161 Å². The van der Waals surface area contributed by atoms with Gasteiger partial charge in [0, 0.05) is 4.47 Å². The van der Waals surface area contributed by atoms with Gasteiger partial charge in [0.2, 0.25) is 0 Å². The normalized spacial score (nSPS) is 15.4. The first-order chi connectivity index (χ1) is 12.4. The third kappa shape index (κ3) is 3.37. The second kappa shape index (κ2) is 7.33. The first kappa shape index (κ1) is 18.2. The van der Waals surface area contributed by atoms with E-state index in [4.69, 9.17) is 9.47 Å². The molecule has 1 amide bonds. The Morgan fingerprint density at radius 1 is 1.04 bits per heavy atom. The number of rotatable bonds is 4. The van der Waals surface area contributed by atoms with Gasteiger partial charge in [-0.25, -0.2) is 0 Å². The van der Waals surface area contributed by atoms with E-state index in [1.165, 1.54) is 5.01 Å². The highest BCUT2D eigenvalue weighted by Crippen LogP contribution is 2.31. The van der Waals surface area contributed by atoms with Crippen LogP contribution in [0.1, 0.15) is 18.1 Å². The summed E-state index contributed by atoms with van der Waals surface area (Å²) in [7, 11) is 3.17. The number of halogens is 1. The molecule has 0 aliphatic carbocycles. The Hall–Kier alpha value is -2.60. The van der Waals surface area contributed by atoms with E-state index in [-0.39, 0.29) is 5.91 Å². The molecule has 0 saturated carbocycles. The summed E-state index contributed by atoms with van der Waals surface area (Å²) in [4.78, 5) is 12.9. The monoisotopic (exact) mass is 414 g/mol. The number of hydrogen-bond donors (Lipinski definition) is 0. The second-order valence-corrected chi connectivity index (χ2v) is 6.76. The zero-order chi connectivity index (χ0) is 18.8. The highest BCUT2D eigenvalue weighted by Gasteiger charge is 2.29. The summed E-state index contributed by atoms with van der Waals surface area (Å²) in [5.41, 5.74) is 3.85. The minimum Gasteiger partial charge on any atom is -0.493 e. The van der Waals surface area contributed by atoms with Gasteiger partial charge in [0.25, 0.3) is 5.91 Å². The minimum atomic E-state index is -0.154. The zero-order valence-corrected chi connectivity index (χ0v) is 16.6. The Balaban J connectivity index is 1.95. The van der Waals surface area contributed by atoms with E-state index in [0.29, 0.717) is 22.8 Å². The van der Waals surface area contributed by atoms with E-state index >= 15 is 0 Å². The van der Waals surface area contributed by atoms with Crippen LogP contribution in [0.2, 0.25) is 0 Å². The average molecular weight is 415 g/mol. The highest BCUT2D eigenvalue weighted by atomic mass is 79.9. The number of aryl methyl sites for hydroxylation is 1. The molecule has 2 aromatic carbocycles. The standard InChI is InChI=1S/C20H19BrN2O3/c1-12-9-15(6-7-17(12)21)23-20(24)16(13(2)22-23)10-14-5-8-18(25-3)19(11-14)26-4/h5-11H,1-4H3/b16-10-. The summed E-state index contributed by atoms with van der Waals surface area (Å²) in [6.07, 6.45) is 1.81. The highest BCUT2D eigenvalue weighted by molar-refractivity contribution is 9.10. The molecule has 0 bridgehead atoms. The smallest absolute Gasteiger partial charge is 0.280 e. The lowest BCUT2D eigenvalue weighted by molar-refractivity contribution is -0.114. The van der Waals surface area contributed by atoms with E-state index in [9.17, 15) is 4.79 Å². The van der Waals surface area contributed by atoms with Gasteiger partial charge in [-0.2, -0.15) is 10.1 Å². The second-order valence-electron chi connectivity index (χ2n) is 5.91. The van der Waals surface area contributed by atoms with Crippen LogP contribution in [0, 0.1) is 6.92 Å². The molecule has 0 aromatic heterocycles. The molecule has 1 aliphatic rings. The van der Waals surface area contributed by atoms with Gasteiger partial charge >= 0.3 is 0 Å². The minimum absolute atomic E-state index is 0.154. The molecule has 0 unspecified atom stereocenters. The predicted octanol–water partition coefficient (Wildman–Crippen LogP) is 4.58. The van der Waals surface area contributed by atoms with Gasteiger partial charge in [0.15, 0.2) is 11.5 Å². The van der Waals surface area contributed by atoms with Crippen LogP contribution in [0.4, 0.5) is 5.69 Å². The Morgan fingerprint density at radius 2 is 1.77 bits per heavy atom. The van der Waals surface area contributed by atoms with Gasteiger partial charge in [0.1, 0.15) is 0 Å². The number of anilines is 1. The number of hydrazone groups is 1. The van der Waals surface area contributed by atoms with Crippen molar-refractivity contribution >= 4 is 39.3 Å². The number of carbonyl (C=O) groups is 1. The Kier molecular flexibility index (Phi) is 5.13. The summed E-state index contributed by atoms with van der Waals surface area (Å²) in [5.74, 6) is 1.10. The lowest BCUT2D eigenvalue weighted by Gasteiger charge is -2.13. The van der Waals surface area contributed by atoms with Crippen LogP contribution in [0.3, 0.4) is 0 Å². The first-order valence-electron chi connectivity index (χ1n) is 8.04. The SMILES string of the molecule is COc1ccc(/C=C2\C(=O)N(c3ccc(Br)c(C)c3)N=C2C)cc1OC. The van der Waals surface area contributed by atoms with Crippen molar-refractivity contribution in [1.82, 2.24) is 0 Å². The van der Waals surface area contributed by atoms with Crippen LogP contribution >= 0.6 is 15.9 Å². The third-order valence-corrected chi connectivity index (χ3v) is 5.06. The topological polar surface area (TPSA) is 51.1 Å². The molecule has 5 nitrogen and oxygen atoms in total. The van der Waals surface area contributed by atoms with Crippen LogP contribution in [0.5, 0.6) is 11.5 Å². The lowest BCUT2D eigenvalue weighted by atomic mass is 10.1. The van der Waals surface area contributed by atoms with E-state index in [1.54, 1.807) is 14.2 Å². The molecule has 1 aliphatic heterocycles. The van der Waals surface area contributed by atoms with Gasteiger partial charge in [-0.3, -0.25) is 4.79 Å². The van der Waals surface area contributed by atoms with E-state index in [1.807, 2.05) is 56.3 Å². The van der Waals surface area contributed by atoms with Crippen molar-refractivity contribution in [3.8, 4) is 11.5 Å². The van der Waals surface area contributed by atoms with Crippen molar-refractivity contribution in [3.63, 3.8) is 0 Å². The molecule has 6 heteroatoms. The first-order valence-corrected chi connectivity index (χ1v) is 8.84. The van der Waals surface area contributed by atoms with Crippen molar-refractivity contribution in [1.29, 1.82) is 0 Å². The Bertz CT molecular complexity index is 935. The maximum Gasteiger partial charge on any atom is 0.280 e. The number of amides is 1. The number of hydrogen-bond acceptors (Lipinski definition) is 4. The van der Waals surface area contributed by atoms with Crippen molar-refractivity contribution in [2.45, 2.75) is 13.8 Å². The molecule has 26 heavy (non-hydrogen) atoms. The molecule has 1 heterocycles. The van der Waals surface area contributed by atoms with Gasteiger partial charge in [-0.15, -0.1) is 0 Å². The summed E-state index contributed by atoms with van der Waals surface area (Å²) in [6.45, 7) is 3.81. The van der Waals surface area contributed by atoms with E-state index < -0.39 is 0 Å². The van der Waals surface area contributed by atoms with Crippen molar-refractivity contribution in [3.05, 3.63) is 57.6 Å². The molecule has 0 fully saturated rings. The van der Waals surface area contributed by atoms with Crippen LogP contribution in [0.25, 0.3) is 6.08 Å². The van der Waals surface area contributed by atoms with E-state index in [2.05, 4.69) is 21.0 Å². The van der Waals surface area contributed by atoms with Gasteiger partial charge in [-0.1, -0.05) is 22.0 Å². The van der Waals surface area contributed by atoms with Gasteiger partial charge in [-0.05, 0) is 61.4 Å². The molecule has 2 aromatic rings. The molecule has 0 radical (unpaired) electrons. The number of ether oxygens (including phenoxy) is 2. The maximum atomic E-state index is 12.9. The van der Waals surface area contributed by atoms with Crippen molar-refractivity contribution in [2.24, 2.45) is 5.10 Å². The number of carbonyl (C=O) groups excluding carboxylic acids is 1. The summed E-state index contributed by atoms with van der Waals surface area (Å²) >= 11 is 3.47. The fourth-order valence-corrected chi connectivity index (χ4v) is 2.98. The number of benzene rings is 2. The van der Waals surface area contributed by atoms with Crippen LogP contribution in [-0.2, 0) is 4.79 Å². The lowest BCUT2D eigenvalue weighted by Crippen LogP contribution is -2.21. The molecule has 0 N–H and O–H groups in total. The van der Waals surface area contributed by atoms with Crippen molar-refractivity contribution in [2.75, 3.05) is 19.2 Å². The van der Waals surface area contributed by atoms with Gasteiger partial charge < -0.3 is 9.47 Å². The quantitative estimate of drug-likeness (QED) is 0.687. The molecular formula is C20H19BrN2O3. The van der Waals surface area contributed by atoms with Crippen LogP contribution in [0.15, 0.2) is 51.5 Å². The largest absolute Gasteiger partial charge is 0.493 e. The fourth-order valence-electron chi connectivity index (χ4n) is 2.73. The fraction of sp³-hybridized carbons (Fsp3) is 0.200. The number of methoxy groups -OCH3 is 2. The zero-order valence-electron chi connectivity index (χ0n) is 15.0. The van der Waals surface area contributed by atoms with Crippen LogP contribution in [-0.4, -0.2) is 25.8 Å². The van der Waals surface area contributed by atoms with Crippen LogP contribution < -0.4 is 14.5 Å². The third-order valence-electron chi connectivity index (χ3n) is 4.17. The maximum absolute atomic E-state index is 12.9. The van der Waals surface area contributed by atoms with Gasteiger partial charge in [0.05, 0.1) is 31.2 Å². The average Bonchev–Trinajstić information content (AvgIpc) is 2.92. The predicted molar refractivity (Wildman–Crippen MR) is 107 cm³/mol. The number of nitrogens with zero attached hydrogens (tertiary/aromatic N) is 2. The summed E-state index contributed by atoms with van der Waals surface area (Å²) in [5, 5.41) is 5.86. The molecule has 134 valence electrons. The Morgan fingerprint density at radius 3 is 2.42 bits per heavy atom. The van der Waals surface area contributed by atoms with Crippen molar-refractivity contribution < 1.29 is 14.3 Å². The molecule has 0 spiro atoms. The summed E-state index contributed by atoms with van der Waals surface area (Å²) in [6, 6.07) is 11.2. The molecular weight excluding hydrogens is 396 g/mol.